The summed E-state index contributed by atoms with van der Waals surface area (Å²) in [4.78, 5) is 14.1. The highest BCUT2D eigenvalue weighted by Crippen LogP contribution is 2.37. The number of halogens is 3. The minimum Gasteiger partial charge on any atom is -0.378 e. The van der Waals surface area contributed by atoms with E-state index in [9.17, 15) is 26.4 Å². The Morgan fingerprint density at radius 3 is 2.24 bits per heavy atom. The molecule has 10 heteroatoms. The molecular formula is C23H28F3N3O3S. The lowest BCUT2D eigenvalue weighted by Gasteiger charge is -2.25. The summed E-state index contributed by atoms with van der Waals surface area (Å²) >= 11 is 0. The molecule has 0 spiro atoms. The number of nitrogens with one attached hydrogen (secondary N) is 1. The maximum atomic E-state index is 13.4. The van der Waals surface area contributed by atoms with E-state index in [1.165, 1.54) is 28.6 Å². The number of piperidine rings is 1. The molecule has 1 aliphatic heterocycles. The highest BCUT2D eigenvalue weighted by atomic mass is 32.2. The zero-order valence-electron chi connectivity index (χ0n) is 18.7. The molecule has 180 valence electrons. The van der Waals surface area contributed by atoms with Crippen molar-refractivity contribution in [2.75, 3.05) is 37.4 Å². The quantitative estimate of drug-likeness (QED) is 0.629. The number of amides is 1. The third kappa shape index (κ3) is 6.26. The summed E-state index contributed by atoms with van der Waals surface area (Å²) in [7, 11) is -0.264. The second kappa shape index (κ2) is 10.1. The summed E-state index contributed by atoms with van der Waals surface area (Å²) < 4.78 is 67.2. The van der Waals surface area contributed by atoms with E-state index in [0.29, 0.717) is 18.8 Å². The number of alkyl halides is 3. The van der Waals surface area contributed by atoms with Gasteiger partial charge in [-0.05, 0) is 55.2 Å². The van der Waals surface area contributed by atoms with Crippen LogP contribution in [0.25, 0.3) is 0 Å². The minimum atomic E-state index is -4.61. The van der Waals surface area contributed by atoms with Crippen molar-refractivity contribution in [1.29, 1.82) is 0 Å². The van der Waals surface area contributed by atoms with Crippen molar-refractivity contribution in [3.63, 3.8) is 0 Å². The van der Waals surface area contributed by atoms with Crippen molar-refractivity contribution in [3.8, 4) is 0 Å². The number of aryl methyl sites for hydroxylation is 1. The fraction of sp³-hybridized carbons (Fsp3) is 0.435. The number of hydrogen-bond acceptors (Lipinski definition) is 4. The van der Waals surface area contributed by atoms with Gasteiger partial charge in [-0.2, -0.15) is 17.5 Å². The molecule has 0 radical (unpaired) electrons. The van der Waals surface area contributed by atoms with E-state index in [-0.39, 0.29) is 23.4 Å². The van der Waals surface area contributed by atoms with E-state index < -0.39 is 27.7 Å². The van der Waals surface area contributed by atoms with Crippen molar-refractivity contribution in [2.24, 2.45) is 0 Å². The number of nitrogens with zero attached hydrogens (tertiary/aromatic N) is 2. The topological polar surface area (TPSA) is 69.7 Å². The van der Waals surface area contributed by atoms with E-state index in [2.05, 4.69) is 5.32 Å². The molecule has 1 amide bonds. The molecule has 1 saturated heterocycles. The maximum Gasteiger partial charge on any atom is 0.418 e. The number of benzene rings is 2. The highest BCUT2D eigenvalue weighted by molar-refractivity contribution is 7.89. The number of rotatable bonds is 7. The minimum absolute atomic E-state index is 0.0368. The molecule has 3 rings (SSSR count). The van der Waals surface area contributed by atoms with Crippen molar-refractivity contribution in [1.82, 2.24) is 4.31 Å². The van der Waals surface area contributed by atoms with Crippen LogP contribution < -0.4 is 10.2 Å². The number of carbonyl (C=O) groups excluding carboxylic acids is 1. The second-order valence-electron chi connectivity index (χ2n) is 8.28. The molecule has 0 aromatic heterocycles. The zero-order chi connectivity index (χ0) is 24.2. The zero-order valence-corrected chi connectivity index (χ0v) is 19.5. The van der Waals surface area contributed by atoms with Crippen LogP contribution >= 0.6 is 0 Å². The van der Waals surface area contributed by atoms with E-state index in [4.69, 9.17) is 0 Å². The summed E-state index contributed by atoms with van der Waals surface area (Å²) in [5, 5.41) is 2.35. The Hall–Kier alpha value is -2.59. The lowest BCUT2D eigenvalue weighted by atomic mass is 10.1. The van der Waals surface area contributed by atoms with E-state index in [1.54, 1.807) is 31.1 Å². The standard InChI is InChI=1S/C23H28F3N3O3S/c1-28(2)18-9-12-21(20(16-18)23(24,25)26)27-22(30)13-8-17-6-10-19(11-7-17)33(31,32)29-14-4-3-5-15-29/h6-7,9-12,16H,3-5,8,13-15H2,1-2H3,(H,27,30). The summed E-state index contributed by atoms with van der Waals surface area (Å²) in [6.45, 7) is 1.03. The molecule has 0 saturated carbocycles. The van der Waals surface area contributed by atoms with E-state index >= 15 is 0 Å². The van der Waals surface area contributed by atoms with Crippen molar-refractivity contribution >= 4 is 27.3 Å². The first kappa shape index (κ1) is 25.0. The molecule has 33 heavy (non-hydrogen) atoms. The van der Waals surface area contributed by atoms with Gasteiger partial charge < -0.3 is 10.2 Å². The SMILES string of the molecule is CN(C)c1ccc(NC(=O)CCc2ccc(S(=O)(=O)N3CCCCC3)cc2)c(C(F)(F)F)c1. The monoisotopic (exact) mass is 483 g/mol. The third-order valence-corrected chi connectivity index (χ3v) is 7.53. The predicted molar refractivity (Wildman–Crippen MR) is 122 cm³/mol. The average Bonchev–Trinajstić information content (AvgIpc) is 2.78. The normalized spacial score (nSPS) is 15.3. The smallest absolute Gasteiger partial charge is 0.378 e. The Morgan fingerprint density at radius 1 is 1.03 bits per heavy atom. The van der Waals surface area contributed by atoms with Crippen molar-refractivity contribution in [3.05, 3.63) is 53.6 Å². The third-order valence-electron chi connectivity index (χ3n) is 5.62. The number of anilines is 2. The van der Waals surface area contributed by atoms with Gasteiger partial charge in [0.05, 0.1) is 16.1 Å². The van der Waals surface area contributed by atoms with Gasteiger partial charge >= 0.3 is 6.18 Å². The predicted octanol–water partition coefficient (Wildman–Crippen LogP) is 4.52. The fourth-order valence-corrected chi connectivity index (χ4v) is 5.22. The second-order valence-corrected chi connectivity index (χ2v) is 10.2. The molecular weight excluding hydrogens is 455 g/mol. The lowest BCUT2D eigenvalue weighted by molar-refractivity contribution is -0.136. The van der Waals surface area contributed by atoms with Gasteiger partial charge in [0, 0.05) is 39.3 Å². The Morgan fingerprint density at radius 2 is 1.67 bits per heavy atom. The summed E-state index contributed by atoms with van der Waals surface area (Å²) in [6, 6.07) is 10.0. The molecule has 0 aliphatic carbocycles. The molecule has 1 N–H and O–H groups in total. The van der Waals surface area contributed by atoms with Gasteiger partial charge in [0.2, 0.25) is 15.9 Å². The van der Waals surface area contributed by atoms with Gasteiger partial charge in [-0.1, -0.05) is 18.6 Å². The molecule has 1 fully saturated rings. The first-order valence-electron chi connectivity index (χ1n) is 10.8. The Labute approximate surface area is 192 Å². The number of sulfonamides is 1. The van der Waals surface area contributed by atoms with Crippen LogP contribution in [0.15, 0.2) is 47.4 Å². The average molecular weight is 484 g/mol. The van der Waals surface area contributed by atoms with Crippen LogP contribution in [0.2, 0.25) is 0 Å². The highest BCUT2D eigenvalue weighted by Gasteiger charge is 2.34. The van der Waals surface area contributed by atoms with Crippen LogP contribution in [0.5, 0.6) is 0 Å². The first-order valence-corrected chi connectivity index (χ1v) is 12.2. The van der Waals surface area contributed by atoms with Crippen LogP contribution in [0.4, 0.5) is 24.5 Å². The molecule has 1 aliphatic rings. The molecule has 0 bridgehead atoms. The fourth-order valence-electron chi connectivity index (χ4n) is 3.71. The van der Waals surface area contributed by atoms with Gasteiger partial charge in [0.15, 0.2) is 0 Å². The Kier molecular flexibility index (Phi) is 7.69. The summed E-state index contributed by atoms with van der Waals surface area (Å²) in [5.41, 5.74) is -0.0999. The van der Waals surface area contributed by atoms with Gasteiger partial charge in [-0.25, -0.2) is 8.42 Å². The van der Waals surface area contributed by atoms with Crippen LogP contribution in [0.1, 0.15) is 36.8 Å². The largest absolute Gasteiger partial charge is 0.418 e. The van der Waals surface area contributed by atoms with Crippen molar-refractivity contribution < 1.29 is 26.4 Å². The number of carbonyl (C=O) groups is 1. The van der Waals surface area contributed by atoms with Gasteiger partial charge in [0.1, 0.15) is 0 Å². The summed E-state index contributed by atoms with van der Waals surface area (Å²) in [6.07, 6.45) is -1.65. The Balaban J connectivity index is 1.63. The first-order chi connectivity index (χ1) is 15.5. The van der Waals surface area contributed by atoms with Gasteiger partial charge in [-0.15, -0.1) is 0 Å². The molecule has 2 aromatic carbocycles. The van der Waals surface area contributed by atoms with Crippen LogP contribution in [-0.4, -0.2) is 45.8 Å². The number of hydrogen-bond donors (Lipinski definition) is 1. The molecule has 0 unspecified atom stereocenters. The van der Waals surface area contributed by atoms with Crippen molar-refractivity contribution in [2.45, 2.75) is 43.2 Å². The summed E-state index contributed by atoms with van der Waals surface area (Å²) in [5.74, 6) is -0.553. The maximum absolute atomic E-state index is 13.4. The van der Waals surface area contributed by atoms with Crippen LogP contribution in [0.3, 0.4) is 0 Å². The van der Waals surface area contributed by atoms with Crippen LogP contribution in [-0.2, 0) is 27.4 Å². The molecule has 1 heterocycles. The molecule has 6 nitrogen and oxygen atoms in total. The van der Waals surface area contributed by atoms with Gasteiger partial charge in [0.25, 0.3) is 0 Å². The van der Waals surface area contributed by atoms with E-state index in [0.717, 1.165) is 30.9 Å². The van der Waals surface area contributed by atoms with Gasteiger partial charge in [-0.3, -0.25) is 4.79 Å². The Bertz CT molecular complexity index is 1080. The van der Waals surface area contributed by atoms with E-state index in [1.807, 2.05) is 0 Å². The molecule has 0 atom stereocenters. The molecule has 2 aromatic rings. The van der Waals surface area contributed by atoms with Crippen LogP contribution in [0, 0.1) is 0 Å². The lowest BCUT2D eigenvalue weighted by Crippen LogP contribution is -2.35.